The number of carbonyl (C=O) groups excluding carboxylic acids is 1. The number of unbranched alkanes of at least 4 members (excludes halogenated alkanes) is 40. The molecule has 0 saturated heterocycles. The number of amides is 1. The molecule has 0 heterocycles. The molecule has 3 atom stereocenters. The molecule has 0 spiro atoms. The Kier molecular flexibility index (Phi) is 52.0. The van der Waals surface area contributed by atoms with Crippen LogP contribution < -0.4 is 5.32 Å². The van der Waals surface area contributed by atoms with Gasteiger partial charge in [0.1, 0.15) is 6.10 Å². The van der Waals surface area contributed by atoms with E-state index >= 15 is 0 Å². The van der Waals surface area contributed by atoms with Crippen LogP contribution >= 0.6 is 0 Å². The smallest absolute Gasteiger partial charge is 0.249 e. The quantitative estimate of drug-likeness (QED) is 0.0362. The van der Waals surface area contributed by atoms with E-state index in [2.05, 4.69) is 43.5 Å². The summed E-state index contributed by atoms with van der Waals surface area (Å²) in [6.07, 6.45) is 69.6. The number of nitrogens with one attached hydrogen (secondary N) is 1. The monoisotopic (exact) mass is 886 g/mol. The molecule has 0 bridgehead atoms. The highest BCUT2D eigenvalue weighted by Crippen LogP contribution is 2.18. The zero-order valence-electron chi connectivity index (χ0n) is 42.5. The summed E-state index contributed by atoms with van der Waals surface area (Å²) in [5.41, 5.74) is 0. The summed E-state index contributed by atoms with van der Waals surface area (Å²) in [4.78, 5) is 12.5. The molecule has 0 fully saturated rings. The van der Waals surface area contributed by atoms with E-state index in [4.69, 9.17) is 0 Å². The lowest BCUT2D eigenvalue weighted by Crippen LogP contribution is -2.48. The normalized spacial score (nSPS) is 13.5. The number of aliphatic hydroxyl groups is 3. The van der Waals surface area contributed by atoms with E-state index in [1.165, 1.54) is 238 Å². The Hall–Kier alpha value is -1.43. The fourth-order valence-electron chi connectivity index (χ4n) is 8.81. The van der Waals surface area contributed by atoms with Gasteiger partial charge in [-0.2, -0.15) is 0 Å². The molecule has 4 N–H and O–H groups in total. The first-order valence-corrected chi connectivity index (χ1v) is 28.3. The minimum absolute atomic E-state index is 0.379. The lowest BCUT2D eigenvalue weighted by atomic mass is 10.0. The number of aliphatic hydroxyl groups excluding tert-OH is 3. The second kappa shape index (κ2) is 53.2. The van der Waals surface area contributed by atoms with Crippen LogP contribution in [0, 0.1) is 0 Å². The SMILES string of the molecule is CCCCCCC/C=C/CC/C=C/CC/C=C/C(O)C(CO)NC(=O)C(O)CCCCCCCCCCCCCCCCCCCCCCCCCCCCCCCCCCCC. The van der Waals surface area contributed by atoms with Crippen LogP contribution in [0.25, 0.3) is 0 Å². The summed E-state index contributed by atoms with van der Waals surface area (Å²) in [7, 11) is 0. The van der Waals surface area contributed by atoms with E-state index in [0.29, 0.717) is 6.42 Å². The number of rotatable bonds is 52. The van der Waals surface area contributed by atoms with Gasteiger partial charge in [0.15, 0.2) is 0 Å². The van der Waals surface area contributed by atoms with Gasteiger partial charge in [-0.1, -0.05) is 294 Å². The third kappa shape index (κ3) is 48.3. The van der Waals surface area contributed by atoms with Gasteiger partial charge in [-0.15, -0.1) is 0 Å². The standard InChI is InChI=1S/C58H111NO4/c1-3-5-7-9-11-13-15-17-19-20-21-22-23-24-25-26-27-28-29-30-31-32-33-34-35-36-37-39-41-43-45-47-49-51-53-57(62)58(63)59-55(54-60)56(61)52-50-48-46-44-42-40-38-18-16-14-12-10-8-6-4-2/h16,18,42,44,50,52,55-57,60-62H,3-15,17,19-41,43,45-49,51,53-54H2,1-2H3,(H,59,63)/b18-16+,44-42+,52-50+. The lowest BCUT2D eigenvalue weighted by molar-refractivity contribution is -0.131. The van der Waals surface area contributed by atoms with Crippen molar-refractivity contribution in [3.8, 4) is 0 Å². The van der Waals surface area contributed by atoms with Gasteiger partial charge in [0.25, 0.3) is 0 Å². The fourth-order valence-corrected chi connectivity index (χ4v) is 8.81. The molecule has 0 aromatic rings. The summed E-state index contributed by atoms with van der Waals surface area (Å²) in [6, 6.07) is -0.819. The maximum absolute atomic E-state index is 12.5. The number of hydrogen-bond donors (Lipinski definition) is 4. The topological polar surface area (TPSA) is 89.8 Å². The molecule has 5 nitrogen and oxygen atoms in total. The second-order valence-corrected chi connectivity index (χ2v) is 19.5. The molecule has 5 heteroatoms. The zero-order valence-corrected chi connectivity index (χ0v) is 42.5. The predicted molar refractivity (Wildman–Crippen MR) is 278 cm³/mol. The number of hydrogen-bond acceptors (Lipinski definition) is 4. The maximum Gasteiger partial charge on any atom is 0.249 e. The van der Waals surface area contributed by atoms with Crippen molar-refractivity contribution >= 4 is 5.91 Å². The minimum Gasteiger partial charge on any atom is -0.394 e. The van der Waals surface area contributed by atoms with Gasteiger partial charge in [-0.3, -0.25) is 4.79 Å². The van der Waals surface area contributed by atoms with Crippen LogP contribution in [0.1, 0.15) is 303 Å². The van der Waals surface area contributed by atoms with E-state index in [1.807, 2.05) is 6.08 Å². The van der Waals surface area contributed by atoms with Crippen LogP contribution in [0.4, 0.5) is 0 Å². The minimum atomic E-state index is -1.11. The Bertz CT molecular complexity index is 978. The van der Waals surface area contributed by atoms with Crippen molar-refractivity contribution in [2.75, 3.05) is 6.61 Å². The van der Waals surface area contributed by atoms with Crippen molar-refractivity contribution in [3.63, 3.8) is 0 Å². The highest BCUT2D eigenvalue weighted by atomic mass is 16.3. The third-order valence-corrected chi connectivity index (χ3v) is 13.2. The summed E-state index contributed by atoms with van der Waals surface area (Å²) in [6.45, 7) is 4.17. The fraction of sp³-hybridized carbons (Fsp3) is 0.879. The van der Waals surface area contributed by atoms with Crippen molar-refractivity contribution in [1.82, 2.24) is 5.32 Å². The molecule has 0 saturated carbocycles. The van der Waals surface area contributed by atoms with E-state index in [0.717, 1.165) is 44.9 Å². The highest BCUT2D eigenvalue weighted by molar-refractivity contribution is 5.80. The van der Waals surface area contributed by atoms with Gasteiger partial charge in [-0.25, -0.2) is 0 Å². The first kappa shape index (κ1) is 61.6. The Labute approximate surface area is 394 Å². The largest absolute Gasteiger partial charge is 0.394 e. The second-order valence-electron chi connectivity index (χ2n) is 19.5. The molecule has 0 aliphatic rings. The van der Waals surface area contributed by atoms with Crippen molar-refractivity contribution in [2.45, 2.75) is 321 Å². The molecule has 372 valence electrons. The Morgan fingerprint density at radius 2 is 0.651 bits per heavy atom. The highest BCUT2D eigenvalue weighted by Gasteiger charge is 2.22. The van der Waals surface area contributed by atoms with Crippen molar-refractivity contribution in [1.29, 1.82) is 0 Å². The van der Waals surface area contributed by atoms with E-state index in [1.54, 1.807) is 6.08 Å². The van der Waals surface area contributed by atoms with Crippen LogP contribution in [-0.4, -0.2) is 46.1 Å². The molecule has 1 amide bonds. The first-order valence-electron chi connectivity index (χ1n) is 28.3. The van der Waals surface area contributed by atoms with Gasteiger partial charge < -0.3 is 20.6 Å². The van der Waals surface area contributed by atoms with Crippen molar-refractivity contribution < 1.29 is 20.1 Å². The molecule has 0 radical (unpaired) electrons. The molecular weight excluding hydrogens is 775 g/mol. The van der Waals surface area contributed by atoms with E-state index < -0.39 is 24.2 Å². The Morgan fingerprint density at radius 3 is 0.968 bits per heavy atom. The van der Waals surface area contributed by atoms with Crippen LogP contribution in [0.2, 0.25) is 0 Å². The van der Waals surface area contributed by atoms with Gasteiger partial charge in [0.05, 0.1) is 18.8 Å². The van der Waals surface area contributed by atoms with E-state index in [-0.39, 0.29) is 6.61 Å². The van der Waals surface area contributed by atoms with Gasteiger partial charge >= 0.3 is 0 Å². The van der Waals surface area contributed by atoms with Crippen LogP contribution in [0.5, 0.6) is 0 Å². The average molecular weight is 887 g/mol. The average Bonchev–Trinajstić information content (AvgIpc) is 3.29. The van der Waals surface area contributed by atoms with Gasteiger partial charge in [-0.05, 0) is 44.9 Å². The number of allylic oxidation sites excluding steroid dienone is 5. The number of carbonyl (C=O) groups is 1. The predicted octanol–water partition coefficient (Wildman–Crippen LogP) is 17.4. The molecule has 0 aliphatic heterocycles. The zero-order chi connectivity index (χ0) is 45.8. The third-order valence-electron chi connectivity index (χ3n) is 13.2. The Morgan fingerprint density at radius 1 is 0.381 bits per heavy atom. The van der Waals surface area contributed by atoms with Crippen LogP contribution in [0.15, 0.2) is 36.5 Å². The molecule has 3 unspecified atom stereocenters. The van der Waals surface area contributed by atoms with Crippen LogP contribution in [-0.2, 0) is 4.79 Å². The van der Waals surface area contributed by atoms with Crippen molar-refractivity contribution in [3.05, 3.63) is 36.5 Å². The summed E-state index contributed by atoms with van der Waals surface area (Å²) >= 11 is 0. The first-order chi connectivity index (χ1) is 31.1. The van der Waals surface area contributed by atoms with Crippen molar-refractivity contribution in [2.24, 2.45) is 0 Å². The molecule has 0 aromatic heterocycles. The summed E-state index contributed by atoms with van der Waals surface area (Å²) in [5.74, 6) is -0.513. The molecule has 0 aliphatic carbocycles. The molecular formula is C58H111NO4. The maximum atomic E-state index is 12.5. The van der Waals surface area contributed by atoms with E-state index in [9.17, 15) is 20.1 Å². The molecule has 0 rings (SSSR count). The Balaban J connectivity index is 3.50. The molecule has 63 heavy (non-hydrogen) atoms. The van der Waals surface area contributed by atoms with Gasteiger partial charge in [0, 0.05) is 0 Å². The summed E-state index contributed by atoms with van der Waals surface area (Å²) in [5, 5.41) is 33.2. The lowest BCUT2D eigenvalue weighted by Gasteiger charge is -2.21. The van der Waals surface area contributed by atoms with Gasteiger partial charge in [0.2, 0.25) is 5.91 Å². The van der Waals surface area contributed by atoms with Crippen LogP contribution in [0.3, 0.4) is 0 Å². The summed E-state index contributed by atoms with van der Waals surface area (Å²) < 4.78 is 0. The molecule has 0 aromatic carbocycles.